The number of carbonyl (C=O) groups is 1. The van der Waals surface area contributed by atoms with Gasteiger partial charge < -0.3 is 15.8 Å². The van der Waals surface area contributed by atoms with Crippen molar-refractivity contribution in [2.45, 2.75) is 40.2 Å². The summed E-state index contributed by atoms with van der Waals surface area (Å²) in [6.45, 7) is 6.87. The highest BCUT2D eigenvalue weighted by Gasteiger charge is 2.42. The fourth-order valence-corrected chi connectivity index (χ4v) is 3.06. The molecule has 1 aromatic heterocycles. The molecular weight excluding hydrogens is 274 g/mol. The third kappa shape index (κ3) is 3.12. The second-order valence-corrected chi connectivity index (χ2v) is 5.71. The molecule has 0 aliphatic rings. The predicted molar refractivity (Wildman–Crippen MR) is 81.8 cm³/mol. The molecule has 0 radical (unpaired) electrons. The average Bonchev–Trinajstić information content (AvgIpc) is 2.99. The summed E-state index contributed by atoms with van der Waals surface area (Å²) in [4.78, 5) is 15.7. The van der Waals surface area contributed by atoms with E-state index in [1.165, 1.54) is 0 Å². The summed E-state index contributed by atoms with van der Waals surface area (Å²) in [5.74, 6) is -0.0779. The van der Waals surface area contributed by atoms with Gasteiger partial charge in [-0.25, -0.2) is 0 Å². The van der Waals surface area contributed by atoms with Crippen molar-refractivity contribution in [1.29, 1.82) is 0 Å². The van der Waals surface area contributed by atoms with E-state index in [0.717, 1.165) is 4.88 Å². The molecule has 0 aliphatic heterocycles. The summed E-state index contributed by atoms with van der Waals surface area (Å²) in [6, 6.07) is 3.97. The first-order valence-electron chi connectivity index (χ1n) is 6.85. The zero-order valence-electron chi connectivity index (χ0n) is 12.3. The molecule has 1 heterocycles. The van der Waals surface area contributed by atoms with Crippen molar-refractivity contribution in [1.82, 2.24) is 4.90 Å². The van der Waals surface area contributed by atoms with Crippen LogP contribution in [0.1, 0.15) is 38.5 Å². The lowest BCUT2D eigenvalue weighted by molar-refractivity contribution is -0.139. The highest BCUT2D eigenvalue weighted by Crippen LogP contribution is 2.30. The van der Waals surface area contributed by atoms with Gasteiger partial charge in [-0.05, 0) is 31.2 Å². The molecule has 1 rings (SSSR count). The molecule has 0 saturated carbocycles. The smallest absolute Gasteiger partial charge is 0.236 e. The van der Waals surface area contributed by atoms with Crippen LogP contribution in [-0.2, 0) is 11.3 Å². The van der Waals surface area contributed by atoms with Gasteiger partial charge in [-0.15, -0.1) is 11.3 Å². The fraction of sp³-hybridized carbons (Fsp3) is 0.571. The lowest BCUT2D eigenvalue weighted by Crippen LogP contribution is -2.50. The van der Waals surface area contributed by atoms with Crippen molar-refractivity contribution in [2.75, 3.05) is 6.54 Å². The SMILES string of the molecule is CCN(Cc1cccs1)C(=O)C(CC)(CC)C(N)=NO. The molecular formula is C14H23N3O2S. The van der Waals surface area contributed by atoms with Gasteiger partial charge in [0.1, 0.15) is 5.41 Å². The van der Waals surface area contributed by atoms with E-state index in [-0.39, 0.29) is 11.7 Å². The molecule has 1 aromatic rings. The summed E-state index contributed by atoms with van der Waals surface area (Å²) in [5.41, 5.74) is 4.88. The molecule has 0 unspecified atom stereocenters. The van der Waals surface area contributed by atoms with E-state index in [1.807, 2.05) is 38.3 Å². The molecule has 0 saturated heterocycles. The molecule has 112 valence electrons. The van der Waals surface area contributed by atoms with E-state index < -0.39 is 5.41 Å². The zero-order valence-corrected chi connectivity index (χ0v) is 13.1. The van der Waals surface area contributed by atoms with Crippen molar-refractivity contribution < 1.29 is 10.0 Å². The van der Waals surface area contributed by atoms with Crippen molar-refractivity contribution in [3.05, 3.63) is 22.4 Å². The largest absolute Gasteiger partial charge is 0.409 e. The maximum atomic E-state index is 12.8. The standard InChI is InChI=1S/C14H23N3O2S/c1-4-14(5-2,12(15)16-19)13(18)17(6-3)10-11-8-7-9-20-11/h7-9,19H,4-6,10H2,1-3H3,(H2,15,16). The Morgan fingerprint density at radius 3 is 2.50 bits per heavy atom. The predicted octanol–water partition coefficient (Wildman–Crippen LogP) is 2.65. The lowest BCUT2D eigenvalue weighted by Gasteiger charge is -2.34. The summed E-state index contributed by atoms with van der Waals surface area (Å²) in [7, 11) is 0. The summed E-state index contributed by atoms with van der Waals surface area (Å²) >= 11 is 1.62. The molecule has 0 fully saturated rings. The van der Waals surface area contributed by atoms with Crippen molar-refractivity contribution in [3.63, 3.8) is 0 Å². The molecule has 5 nitrogen and oxygen atoms in total. The van der Waals surface area contributed by atoms with Crippen LogP contribution in [0.4, 0.5) is 0 Å². The van der Waals surface area contributed by atoms with E-state index in [4.69, 9.17) is 10.9 Å². The van der Waals surface area contributed by atoms with Gasteiger partial charge in [0.05, 0.1) is 6.54 Å². The second kappa shape index (κ2) is 7.28. The van der Waals surface area contributed by atoms with Gasteiger partial charge in [0.25, 0.3) is 0 Å². The highest BCUT2D eigenvalue weighted by atomic mass is 32.1. The molecule has 0 aromatic carbocycles. The maximum absolute atomic E-state index is 12.8. The summed E-state index contributed by atoms with van der Waals surface area (Å²) in [5, 5.41) is 14.1. The minimum atomic E-state index is -0.915. The number of nitrogens with zero attached hydrogens (tertiary/aromatic N) is 2. The minimum Gasteiger partial charge on any atom is -0.409 e. The van der Waals surface area contributed by atoms with Crippen LogP contribution < -0.4 is 5.73 Å². The van der Waals surface area contributed by atoms with E-state index in [1.54, 1.807) is 16.2 Å². The van der Waals surface area contributed by atoms with Crippen LogP contribution in [0.5, 0.6) is 0 Å². The molecule has 3 N–H and O–H groups in total. The first kappa shape index (κ1) is 16.5. The molecule has 20 heavy (non-hydrogen) atoms. The highest BCUT2D eigenvalue weighted by molar-refractivity contribution is 7.09. The summed E-state index contributed by atoms with van der Waals surface area (Å²) < 4.78 is 0. The molecule has 0 aliphatic carbocycles. The van der Waals surface area contributed by atoms with Gasteiger partial charge in [0, 0.05) is 11.4 Å². The zero-order chi connectivity index (χ0) is 15.2. The van der Waals surface area contributed by atoms with Crippen LogP contribution in [0.2, 0.25) is 0 Å². The van der Waals surface area contributed by atoms with Crippen molar-refractivity contribution in [3.8, 4) is 0 Å². The number of thiophene rings is 1. The molecule has 0 atom stereocenters. The van der Waals surface area contributed by atoms with E-state index >= 15 is 0 Å². The lowest BCUT2D eigenvalue weighted by atomic mass is 9.79. The topological polar surface area (TPSA) is 78.9 Å². The van der Waals surface area contributed by atoms with Crippen LogP contribution in [0, 0.1) is 5.41 Å². The Hall–Kier alpha value is -1.56. The molecule has 1 amide bonds. The average molecular weight is 297 g/mol. The number of oxime groups is 1. The summed E-state index contributed by atoms with van der Waals surface area (Å²) in [6.07, 6.45) is 1.03. The second-order valence-electron chi connectivity index (χ2n) is 4.67. The van der Waals surface area contributed by atoms with Crippen molar-refractivity contribution >= 4 is 23.1 Å². The molecule has 0 spiro atoms. The van der Waals surface area contributed by atoms with Crippen LogP contribution in [-0.4, -0.2) is 28.4 Å². The Morgan fingerprint density at radius 1 is 1.45 bits per heavy atom. The number of hydrogen-bond acceptors (Lipinski definition) is 4. The van der Waals surface area contributed by atoms with Crippen molar-refractivity contribution in [2.24, 2.45) is 16.3 Å². The molecule has 6 heteroatoms. The number of carbonyl (C=O) groups excluding carboxylic acids is 1. The van der Waals surface area contributed by atoms with Gasteiger partial charge in [0.15, 0.2) is 5.84 Å². The number of amides is 1. The Labute approximate surface area is 124 Å². The fourth-order valence-electron chi connectivity index (χ4n) is 2.34. The monoisotopic (exact) mass is 297 g/mol. The number of hydrogen-bond donors (Lipinski definition) is 2. The van der Waals surface area contributed by atoms with Gasteiger partial charge in [-0.2, -0.15) is 0 Å². The first-order chi connectivity index (χ1) is 9.55. The normalized spacial score (nSPS) is 12.4. The third-order valence-electron chi connectivity index (χ3n) is 3.81. The Morgan fingerprint density at radius 2 is 2.10 bits per heavy atom. The first-order valence-corrected chi connectivity index (χ1v) is 7.73. The van der Waals surface area contributed by atoms with Crippen LogP contribution in [0.25, 0.3) is 0 Å². The number of amidine groups is 1. The quantitative estimate of drug-likeness (QED) is 0.351. The van der Waals surface area contributed by atoms with Crippen LogP contribution in [0.3, 0.4) is 0 Å². The minimum absolute atomic E-state index is 0.00266. The van der Waals surface area contributed by atoms with Crippen LogP contribution in [0.15, 0.2) is 22.7 Å². The van der Waals surface area contributed by atoms with E-state index in [0.29, 0.717) is 25.9 Å². The van der Waals surface area contributed by atoms with E-state index in [9.17, 15) is 4.79 Å². The number of rotatable bonds is 7. The van der Waals surface area contributed by atoms with Gasteiger partial charge in [0.2, 0.25) is 5.91 Å². The Kier molecular flexibility index (Phi) is 6.01. The van der Waals surface area contributed by atoms with Crippen LogP contribution >= 0.6 is 11.3 Å². The third-order valence-corrected chi connectivity index (χ3v) is 4.67. The van der Waals surface area contributed by atoms with E-state index in [2.05, 4.69) is 5.16 Å². The molecule has 0 bridgehead atoms. The maximum Gasteiger partial charge on any atom is 0.236 e. The van der Waals surface area contributed by atoms with Gasteiger partial charge >= 0.3 is 0 Å². The van der Waals surface area contributed by atoms with Gasteiger partial charge in [-0.1, -0.05) is 25.1 Å². The Balaban J connectivity index is 3.03. The number of nitrogens with two attached hydrogens (primary N) is 1. The Bertz CT molecular complexity index is 453. The van der Waals surface area contributed by atoms with Gasteiger partial charge in [-0.3, -0.25) is 4.79 Å².